The topological polar surface area (TPSA) is 104 Å². The SMILES string of the molecule is O=C(O)c1ccc(C(=O)Nc2cccc(Cl)c2)c(C(=O)O)c1. The fourth-order valence-corrected chi connectivity index (χ4v) is 2.01. The Morgan fingerprint density at radius 3 is 2.23 bits per heavy atom. The van der Waals surface area contributed by atoms with E-state index in [2.05, 4.69) is 5.32 Å². The van der Waals surface area contributed by atoms with Gasteiger partial charge in [-0.15, -0.1) is 0 Å². The van der Waals surface area contributed by atoms with Gasteiger partial charge in [0.1, 0.15) is 0 Å². The molecule has 0 aliphatic rings. The highest BCUT2D eigenvalue weighted by Gasteiger charge is 2.19. The van der Waals surface area contributed by atoms with Gasteiger partial charge in [0.05, 0.1) is 16.7 Å². The Balaban J connectivity index is 2.36. The Labute approximate surface area is 130 Å². The molecule has 7 heteroatoms. The van der Waals surface area contributed by atoms with Crippen LogP contribution in [0.3, 0.4) is 0 Å². The maximum Gasteiger partial charge on any atom is 0.336 e. The van der Waals surface area contributed by atoms with Crippen LogP contribution in [-0.2, 0) is 0 Å². The van der Waals surface area contributed by atoms with Crippen molar-refractivity contribution in [3.63, 3.8) is 0 Å². The van der Waals surface area contributed by atoms with E-state index in [1.165, 1.54) is 12.1 Å². The summed E-state index contributed by atoms with van der Waals surface area (Å²) in [4.78, 5) is 34.3. The minimum atomic E-state index is -1.39. The summed E-state index contributed by atoms with van der Waals surface area (Å²) in [5.74, 6) is -3.33. The lowest BCUT2D eigenvalue weighted by molar-refractivity contribution is 0.0692. The molecule has 22 heavy (non-hydrogen) atoms. The fourth-order valence-electron chi connectivity index (χ4n) is 1.82. The number of hydrogen-bond acceptors (Lipinski definition) is 3. The second kappa shape index (κ2) is 6.28. The molecule has 2 aromatic carbocycles. The Hall–Kier alpha value is -2.86. The van der Waals surface area contributed by atoms with Gasteiger partial charge in [-0.3, -0.25) is 4.79 Å². The van der Waals surface area contributed by atoms with Gasteiger partial charge in [0.15, 0.2) is 0 Å². The van der Waals surface area contributed by atoms with Crippen molar-refractivity contribution in [1.29, 1.82) is 0 Å². The molecule has 0 fully saturated rings. The zero-order chi connectivity index (χ0) is 16.3. The molecule has 0 aliphatic carbocycles. The third-order valence-electron chi connectivity index (χ3n) is 2.82. The molecule has 0 aliphatic heterocycles. The van der Waals surface area contributed by atoms with Gasteiger partial charge in [0, 0.05) is 10.7 Å². The average molecular weight is 320 g/mol. The van der Waals surface area contributed by atoms with Crippen LogP contribution in [0, 0.1) is 0 Å². The summed E-state index contributed by atoms with van der Waals surface area (Å²) in [6.45, 7) is 0. The second-order valence-corrected chi connectivity index (χ2v) is 4.77. The van der Waals surface area contributed by atoms with Gasteiger partial charge in [0.2, 0.25) is 0 Å². The molecule has 0 heterocycles. The highest BCUT2D eigenvalue weighted by atomic mass is 35.5. The van der Waals surface area contributed by atoms with E-state index in [1.807, 2.05) is 0 Å². The lowest BCUT2D eigenvalue weighted by Gasteiger charge is -2.09. The van der Waals surface area contributed by atoms with Gasteiger partial charge in [-0.2, -0.15) is 0 Å². The molecule has 0 spiro atoms. The van der Waals surface area contributed by atoms with Crippen LogP contribution >= 0.6 is 11.6 Å². The molecule has 3 N–H and O–H groups in total. The van der Waals surface area contributed by atoms with Gasteiger partial charge in [-0.1, -0.05) is 17.7 Å². The average Bonchev–Trinajstić information content (AvgIpc) is 2.46. The second-order valence-electron chi connectivity index (χ2n) is 4.34. The monoisotopic (exact) mass is 319 g/mol. The predicted molar refractivity (Wildman–Crippen MR) is 79.8 cm³/mol. The van der Waals surface area contributed by atoms with Crippen molar-refractivity contribution in [1.82, 2.24) is 0 Å². The Morgan fingerprint density at radius 1 is 0.909 bits per heavy atom. The van der Waals surface area contributed by atoms with Gasteiger partial charge >= 0.3 is 11.9 Å². The first-order chi connectivity index (χ1) is 10.4. The quantitative estimate of drug-likeness (QED) is 0.803. The summed E-state index contributed by atoms with van der Waals surface area (Å²) < 4.78 is 0. The van der Waals surface area contributed by atoms with E-state index in [9.17, 15) is 14.4 Å². The van der Waals surface area contributed by atoms with Gasteiger partial charge in [0.25, 0.3) is 5.91 Å². The summed E-state index contributed by atoms with van der Waals surface area (Å²) in [7, 11) is 0. The minimum Gasteiger partial charge on any atom is -0.478 e. The molecular formula is C15H10ClNO5. The van der Waals surface area contributed by atoms with Crippen LogP contribution < -0.4 is 5.32 Å². The highest BCUT2D eigenvalue weighted by molar-refractivity contribution is 6.31. The van der Waals surface area contributed by atoms with Gasteiger partial charge in [-0.05, 0) is 36.4 Å². The van der Waals surface area contributed by atoms with E-state index in [0.29, 0.717) is 10.7 Å². The number of carbonyl (C=O) groups is 3. The Bertz CT molecular complexity index is 772. The number of anilines is 1. The number of hydrogen-bond donors (Lipinski definition) is 3. The lowest BCUT2D eigenvalue weighted by atomic mass is 10.0. The predicted octanol–water partition coefficient (Wildman–Crippen LogP) is 2.99. The lowest BCUT2D eigenvalue weighted by Crippen LogP contribution is -2.17. The zero-order valence-electron chi connectivity index (χ0n) is 11.0. The van der Waals surface area contributed by atoms with Crippen molar-refractivity contribution in [3.8, 4) is 0 Å². The first kappa shape index (κ1) is 15.5. The highest BCUT2D eigenvalue weighted by Crippen LogP contribution is 2.18. The van der Waals surface area contributed by atoms with Gasteiger partial charge < -0.3 is 15.5 Å². The van der Waals surface area contributed by atoms with Crippen LogP contribution in [0.4, 0.5) is 5.69 Å². The number of carboxylic acid groups (broad SMARTS) is 2. The molecule has 0 saturated carbocycles. The molecule has 6 nitrogen and oxygen atoms in total. The molecule has 0 unspecified atom stereocenters. The van der Waals surface area contributed by atoms with Crippen molar-refractivity contribution in [2.45, 2.75) is 0 Å². The first-order valence-electron chi connectivity index (χ1n) is 6.06. The molecule has 2 rings (SSSR count). The molecule has 1 amide bonds. The first-order valence-corrected chi connectivity index (χ1v) is 6.44. The third-order valence-corrected chi connectivity index (χ3v) is 3.06. The van der Waals surface area contributed by atoms with E-state index < -0.39 is 17.8 Å². The van der Waals surface area contributed by atoms with Gasteiger partial charge in [-0.25, -0.2) is 9.59 Å². The standard InChI is InChI=1S/C15H10ClNO5/c16-9-2-1-3-10(7-9)17-13(18)11-5-4-8(14(19)20)6-12(11)15(21)22/h1-7H,(H,17,18)(H,19,20)(H,21,22). The molecule has 2 aromatic rings. The summed E-state index contributed by atoms with van der Waals surface area (Å²) in [5, 5.41) is 20.9. The van der Waals surface area contributed by atoms with Crippen molar-refractivity contribution >= 4 is 35.1 Å². The maximum atomic E-state index is 12.2. The van der Waals surface area contributed by atoms with Crippen molar-refractivity contribution in [2.75, 3.05) is 5.32 Å². The van der Waals surface area contributed by atoms with E-state index in [-0.39, 0.29) is 16.7 Å². The Kier molecular flexibility index (Phi) is 4.43. The molecular weight excluding hydrogens is 310 g/mol. The van der Waals surface area contributed by atoms with E-state index in [4.69, 9.17) is 21.8 Å². The van der Waals surface area contributed by atoms with Crippen LogP contribution in [0.15, 0.2) is 42.5 Å². The number of amides is 1. The molecule has 0 saturated heterocycles. The van der Waals surface area contributed by atoms with Crippen LogP contribution in [0.2, 0.25) is 5.02 Å². The fraction of sp³-hybridized carbons (Fsp3) is 0. The van der Waals surface area contributed by atoms with Crippen molar-refractivity contribution in [2.24, 2.45) is 0 Å². The van der Waals surface area contributed by atoms with Crippen LogP contribution in [0.25, 0.3) is 0 Å². The zero-order valence-corrected chi connectivity index (χ0v) is 11.8. The summed E-state index contributed by atoms with van der Waals surface area (Å²) in [6.07, 6.45) is 0. The summed E-state index contributed by atoms with van der Waals surface area (Å²) >= 11 is 5.80. The number of halogens is 1. The maximum absolute atomic E-state index is 12.2. The molecule has 0 radical (unpaired) electrons. The summed E-state index contributed by atoms with van der Waals surface area (Å²) in [5.41, 5.74) is -0.343. The summed E-state index contributed by atoms with van der Waals surface area (Å²) in [6, 6.07) is 9.62. The van der Waals surface area contributed by atoms with Crippen molar-refractivity contribution in [3.05, 3.63) is 64.2 Å². The van der Waals surface area contributed by atoms with Crippen LogP contribution in [0.1, 0.15) is 31.1 Å². The van der Waals surface area contributed by atoms with E-state index in [1.54, 1.807) is 18.2 Å². The van der Waals surface area contributed by atoms with Crippen LogP contribution in [0.5, 0.6) is 0 Å². The Morgan fingerprint density at radius 2 is 1.64 bits per heavy atom. The molecule has 0 atom stereocenters. The molecule has 0 bridgehead atoms. The number of benzene rings is 2. The smallest absolute Gasteiger partial charge is 0.336 e. The third kappa shape index (κ3) is 3.42. The largest absolute Gasteiger partial charge is 0.478 e. The number of rotatable bonds is 4. The normalized spacial score (nSPS) is 10.0. The van der Waals surface area contributed by atoms with Crippen molar-refractivity contribution < 1.29 is 24.6 Å². The number of nitrogens with one attached hydrogen (secondary N) is 1. The molecule has 0 aromatic heterocycles. The number of carboxylic acids is 2. The number of aromatic carboxylic acids is 2. The van der Waals surface area contributed by atoms with Crippen LogP contribution in [-0.4, -0.2) is 28.1 Å². The minimum absolute atomic E-state index is 0.141. The molecule has 112 valence electrons. The van der Waals surface area contributed by atoms with E-state index in [0.717, 1.165) is 12.1 Å². The van der Waals surface area contributed by atoms with E-state index >= 15 is 0 Å². The number of carbonyl (C=O) groups excluding carboxylic acids is 1.